The van der Waals surface area contributed by atoms with Crippen molar-refractivity contribution in [1.82, 2.24) is 4.90 Å². The molecule has 102 valence electrons. The van der Waals surface area contributed by atoms with Crippen LogP contribution in [0.5, 0.6) is 0 Å². The Morgan fingerprint density at radius 1 is 1.44 bits per heavy atom. The van der Waals surface area contributed by atoms with Gasteiger partial charge in [0, 0.05) is 19.7 Å². The first-order valence-electron chi connectivity index (χ1n) is 6.72. The lowest BCUT2D eigenvalue weighted by molar-refractivity contribution is -0.139. The second-order valence-corrected chi connectivity index (χ2v) is 5.82. The van der Waals surface area contributed by atoms with E-state index in [4.69, 9.17) is 22.7 Å². The van der Waals surface area contributed by atoms with Gasteiger partial charge in [0.2, 0.25) is 5.91 Å². The minimum atomic E-state index is -0.564. The lowest BCUT2D eigenvalue weighted by Gasteiger charge is -2.33. The van der Waals surface area contributed by atoms with Crippen molar-refractivity contribution in [2.75, 3.05) is 20.3 Å². The zero-order valence-electron chi connectivity index (χ0n) is 11.0. The van der Waals surface area contributed by atoms with Crippen molar-refractivity contribution in [2.24, 2.45) is 11.1 Å². The SMILES string of the molecule is COCCN(C(=O)C1(C(N)=S)CCCC1)C1CC1. The maximum Gasteiger partial charge on any atom is 0.235 e. The van der Waals surface area contributed by atoms with Crippen LogP contribution < -0.4 is 5.73 Å². The van der Waals surface area contributed by atoms with Crippen LogP contribution in [0.2, 0.25) is 0 Å². The lowest BCUT2D eigenvalue weighted by Crippen LogP contribution is -2.50. The van der Waals surface area contributed by atoms with Crippen LogP contribution in [0.25, 0.3) is 0 Å². The molecule has 2 fully saturated rings. The van der Waals surface area contributed by atoms with E-state index in [9.17, 15) is 4.79 Å². The molecule has 0 unspecified atom stereocenters. The molecule has 5 heteroatoms. The standard InChI is InChI=1S/C13H22N2O2S/c1-17-9-8-15(10-4-5-10)12(16)13(11(14)18)6-2-3-7-13/h10H,2-9H2,1H3,(H2,14,18). The lowest BCUT2D eigenvalue weighted by atomic mass is 9.84. The first-order chi connectivity index (χ1) is 8.62. The van der Waals surface area contributed by atoms with Crippen molar-refractivity contribution in [3.63, 3.8) is 0 Å². The molecule has 1 amide bonds. The Bertz CT molecular complexity index is 336. The molecule has 0 heterocycles. The molecule has 0 aromatic rings. The van der Waals surface area contributed by atoms with E-state index in [1.165, 1.54) is 0 Å². The molecular formula is C13H22N2O2S. The van der Waals surface area contributed by atoms with Crippen LogP contribution in [-0.4, -0.2) is 42.1 Å². The number of nitrogens with zero attached hydrogens (tertiary/aromatic N) is 1. The summed E-state index contributed by atoms with van der Waals surface area (Å²) in [6, 6.07) is 0.388. The van der Waals surface area contributed by atoms with Crippen LogP contribution >= 0.6 is 12.2 Å². The minimum Gasteiger partial charge on any atom is -0.392 e. The first-order valence-corrected chi connectivity index (χ1v) is 7.12. The van der Waals surface area contributed by atoms with Gasteiger partial charge >= 0.3 is 0 Å². The minimum absolute atomic E-state index is 0.145. The van der Waals surface area contributed by atoms with Gasteiger partial charge < -0.3 is 15.4 Å². The molecule has 0 atom stereocenters. The van der Waals surface area contributed by atoms with E-state index in [0.717, 1.165) is 38.5 Å². The molecule has 4 nitrogen and oxygen atoms in total. The normalized spacial score (nSPS) is 21.8. The van der Waals surface area contributed by atoms with Gasteiger partial charge in [-0.1, -0.05) is 25.1 Å². The monoisotopic (exact) mass is 270 g/mol. The van der Waals surface area contributed by atoms with Gasteiger partial charge in [-0.2, -0.15) is 0 Å². The third kappa shape index (κ3) is 2.52. The van der Waals surface area contributed by atoms with Crippen LogP contribution in [0, 0.1) is 5.41 Å². The molecule has 0 radical (unpaired) electrons. The predicted octanol–water partition coefficient (Wildman–Crippen LogP) is 1.47. The quantitative estimate of drug-likeness (QED) is 0.743. The fraction of sp³-hybridized carbons (Fsp3) is 0.846. The summed E-state index contributed by atoms with van der Waals surface area (Å²) in [7, 11) is 1.66. The number of carbonyl (C=O) groups excluding carboxylic acids is 1. The summed E-state index contributed by atoms with van der Waals surface area (Å²) in [4.78, 5) is 15.1. The average molecular weight is 270 g/mol. The van der Waals surface area contributed by atoms with Crippen molar-refractivity contribution in [3.8, 4) is 0 Å². The molecule has 0 bridgehead atoms. The molecule has 2 aliphatic rings. The molecule has 2 N–H and O–H groups in total. The summed E-state index contributed by atoms with van der Waals surface area (Å²) >= 11 is 5.18. The molecule has 0 spiro atoms. The molecule has 0 aromatic carbocycles. The Hall–Kier alpha value is -0.680. The summed E-state index contributed by atoms with van der Waals surface area (Å²) in [6.07, 6.45) is 5.93. The van der Waals surface area contributed by atoms with Crippen molar-refractivity contribution >= 4 is 23.1 Å². The van der Waals surface area contributed by atoms with E-state index in [0.29, 0.717) is 24.2 Å². The molecule has 2 aliphatic carbocycles. The summed E-state index contributed by atoms with van der Waals surface area (Å²) in [5.41, 5.74) is 5.31. The van der Waals surface area contributed by atoms with Gasteiger partial charge in [0.15, 0.2) is 0 Å². The second kappa shape index (κ2) is 5.53. The van der Waals surface area contributed by atoms with Crippen molar-refractivity contribution in [3.05, 3.63) is 0 Å². The summed E-state index contributed by atoms with van der Waals surface area (Å²) in [6.45, 7) is 1.24. The van der Waals surface area contributed by atoms with Gasteiger partial charge in [-0.3, -0.25) is 4.79 Å². The summed E-state index contributed by atoms with van der Waals surface area (Å²) in [5, 5.41) is 0. The largest absolute Gasteiger partial charge is 0.392 e. The fourth-order valence-corrected chi connectivity index (χ4v) is 3.14. The van der Waals surface area contributed by atoms with E-state index in [1.807, 2.05) is 4.90 Å². The predicted molar refractivity (Wildman–Crippen MR) is 74.3 cm³/mol. The smallest absolute Gasteiger partial charge is 0.235 e. The number of thiocarbonyl (C=S) groups is 1. The molecule has 18 heavy (non-hydrogen) atoms. The number of rotatable bonds is 6. The highest BCUT2D eigenvalue weighted by Gasteiger charge is 2.48. The third-order valence-corrected chi connectivity index (χ3v) is 4.51. The first kappa shape index (κ1) is 13.7. The van der Waals surface area contributed by atoms with Gasteiger partial charge in [-0.15, -0.1) is 0 Å². The van der Waals surface area contributed by atoms with Crippen LogP contribution in [-0.2, 0) is 9.53 Å². The highest BCUT2D eigenvalue weighted by atomic mass is 32.1. The van der Waals surface area contributed by atoms with E-state index in [1.54, 1.807) is 7.11 Å². The van der Waals surface area contributed by atoms with Gasteiger partial charge in [-0.25, -0.2) is 0 Å². The second-order valence-electron chi connectivity index (χ2n) is 5.38. The Morgan fingerprint density at radius 2 is 2.06 bits per heavy atom. The molecular weight excluding hydrogens is 248 g/mol. The number of hydrogen-bond donors (Lipinski definition) is 1. The van der Waals surface area contributed by atoms with E-state index < -0.39 is 5.41 Å². The van der Waals surface area contributed by atoms with E-state index in [-0.39, 0.29) is 5.91 Å². The van der Waals surface area contributed by atoms with Gasteiger partial charge in [0.25, 0.3) is 0 Å². The maximum atomic E-state index is 12.8. The van der Waals surface area contributed by atoms with Crippen LogP contribution in [0.3, 0.4) is 0 Å². The number of carbonyl (C=O) groups is 1. The van der Waals surface area contributed by atoms with Crippen molar-refractivity contribution in [2.45, 2.75) is 44.6 Å². The fourth-order valence-electron chi connectivity index (χ4n) is 2.84. The Morgan fingerprint density at radius 3 is 2.50 bits per heavy atom. The van der Waals surface area contributed by atoms with Gasteiger partial charge in [-0.05, 0) is 25.7 Å². The number of ether oxygens (including phenoxy) is 1. The van der Waals surface area contributed by atoms with Crippen molar-refractivity contribution in [1.29, 1.82) is 0 Å². The Balaban J connectivity index is 2.12. The highest BCUT2D eigenvalue weighted by Crippen LogP contribution is 2.42. The molecule has 0 aromatic heterocycles. The number of methoxy groups -OCH3 is 1. The molecule has 0 saturated heterocycles. The molecule has 0 aliphatic heterocycles. The highest BCUT2D eigenvalue weighted by molar-refractivity contribution is 7.80. The van der Waals surface area contributed by atoms with E-state index >= 15 is 0 Å². The molecule has 2 saturated carbocycles. The van der Waals surface area contributed by atoms with Crippen LogP contribution in [0.15, 0.2) is 0 Å². The number of hydrogen-bond acceptors (Lipinski definition) is 3. The van der Waals surface area contributed by atoms with Crippen molar-refractivity contribution < 1.29 is 9.53 Å². The topological polar surface area (TPSA) is 55.6 Å². The Labute approximate surface area is 114 Å². The molecule has 2 rings (SSSR count). The van der Waals surface area contributed by atoms with E-state index in [2.05, 4.69) is 0 Å². The van der Waals surface area contributed by atoms with Crippen LogP contribution in [0.4, 0.5) is 0 Å². The summed E-state index contributed by atoms with van der Waals surface area (Å²) in [5.74, 6) is 0.145. The Kier molecular flexibility index (Phi) is 4.22. The van der Waals surface area contributed by atoms with Gasteiger partial charge in [0.05, 0.1) is 17.0 Å². The number of nitrogens with two attached hydrogens (primary N) is 1. The third-order valence-electron chi connectivity index (χ3n) is 4.12. The zero-order chi connectivity index (χ0) is 13.2. The average Bonchev–Trinajstić information content (AvgIpc) is 3.05. The maximum absolute atomic E-state index is 12.8. The summed E-state index contributed by atoms with van der Waals surface area (Å²) < 4.78 is 5.10. The van der Waals surface area contributed by atoms with Gasteiger partial charge in [0.1, 0.15) is 0 Å². The zero-order valence-corrected chi connectivity index (χ0v) is 11.8. The number of amides is 1. The van der Waals surface area contributed by atoms with Crippen LogP contribution in [0.1, 0.15) is 38.5 Å².